The molecule has 1 aromatic carbocycles. The highest BCUT2D eigenvalue weighted by Gasteiger charge is 2.08. The maximum Gasteiger partial charge on any atom is 0.191 e. The molecule has 2 heterocycles. The van der Waals surface area contributed by atoms with Gasteiger partial charge in [0.25, 0.3) is 0 Å². The molecular weight excluding hydrogens is 404 g/mol. The van der Waals surface area contributed by atoms with Crippen molar-refractivity contribution in [1.82, 2.24) is 25.4 Å². The molecule has 0 bridgehead atoms. The minimum Gasteiger partial charge on any atom is -0.491 e. The number of pyridine rings is 1. The third-order valence-corrected chi connectivity index (χ3v) is 4.93. The van der Waals surface area contributed by atoms with E-state index in [0.29, 0.717) is 32.3 Å². The zero-order valence-electron chi connectivity index (χ0n) is 19.5. The summed E-state index contributed by atoms with van der Waals surface area (Å²) in [6.07, 6.45) is 1.85. The summed E-state index contributed by atoms with van der Waals surface area (Å²) in [7, 11) is 3.42. The third-order valence-electron chi connectivity index (χ3n) is 4.93. The van der Waals surface area contributed by atoms with E-state index in [2.05, 4.69) is 44.8 Å². The lowest BCUT2D eigenvalue weighted by Gasteiger charge is -2.15. The average Bonchev–Trinajstić information content (AvgIpc) is 3.13. The fourth-order valence-corrected chi connectivity index (χ4v) is 3.27. The number of aliphatic imine (C=N–C) groups is 1. The molecule has 0 amide bonds. The summed E-state index contributed by atoms with van der Waals surface area (Å²) in [6, 6.07) is 12.2. The van der Waals surface area contributed by atoms with Crippen LogP contribution >= 0.6 is 0 Å². The number of benzene rings is 1. The molecule has 32 heavy (non-hydrogen) atoms. The SMILES string of the molecule is CN=C(NCc1ccc(-n2nc(C)cc2C)nc1)NCc1ccc(C)cc1OCCOC. The lowest BCUT2D eigenvalue weighted by molar-refractivity contribution is 0.145. The number of rotatable bonds is 9. The number of aromatic nitrogens is 3. The normalized spacial score (nSPS) is 11.5. The highest BCUT2D eigenvalue weighted by Crippen LogP contribution is 2.20. The Morgan fingerprint density at radius 1 is 1.03 bits per heavy atom. The van der Waals surface area contributed by atoms with Gasteiger partial charge in [-0.3, -0.25) is 4.99 Å². The summed E-state index contributed by atoms with van der Waals surface area (Å²) in [4.78, 5) is 8.87. The van der Waals surface area contributed by atoms with Crippen molar-refractivity contribution < 1.29 is 9.47 Å². The lowest BCUT2D eigenvalue weighted by Crippen LogP contribution is -2.36. The van der Waals surface area contributed by atoms with Crippen LogP contribution in [-0.2, 0) is 17.8 Å². The molecule has 2 aromatic heterocycles. The first kappa shape index (κ1) is 23.3. The van der Waals surface area contributed by atoms with Crippen molar-refractivity contribution in [3.63, 3.8) is 0 Å². The second-order valence-electron chi connectivity index (χ2n) is 7.60. The number of aryl methyl sites for hydroxylation is 3. The first-order valence-electron chi connectivity index (χ1n) is 10.6. The number of nitrogens with one attached hydrogen (secondary N) is 2. The van der Waals surface area contributed by atoms with Gasteiger partial charge in [0.1, 0.15) is 12.4 Å². The molecule has 2 N–H and O–H groups in total. The van der Waals surface area contributed by atoms with Crippen LogP contribution in [0.15, 0.2) is 47.6 Å². The van der Waals surface area contributed by atoms with Crippen molar-refractivity contribution in [2.75, 3.05) is 27.4 Å². The van der Waals surface area contributed by atoms with Crippen LogP contribution in [0.4, 0.5) is 0 Å². The van der Waals surface area contributed by atoms with Crippen LogP contribution in [0.1, 0.15) is 28.1 Å². The summed E-state index contributed by atoms with van der Waals surface area (Å²) in [5.74, 6) is 2.37. The molecule has 0 atom stereocenters. The van der Waals surface area contributed by atoms with Gasteiger partial charge in [-0.2, -0.15) is 5.10 Å². The van der Waals surface area contributed by atoms with Crippen LogP contribution in [0, 0.1) is 20.8 Å². The Kier molecular flexibility index (Phi) is 8.21. The fraction of sp³-hybridized carbons (Fsp3) is 0.375. The van der Waals surface area contributed by atoms with Crippen LogP contribution in [0.25, 0.3) is 5.82 Å². The summed E-state index contributed by atoms with van der Waals surface area (Å²) in [6.45, 7) is 8.32. The highest BCUT2D eigenvalue weighted by atomic mass is 16.5. The van der Waals surface area contributed by atoms with Crippen molar-refractivity contribution in [3.8, 4) is 11.6 Å². The van der Waals surface area contributed by atoms with Crippen LogP contribution in [-0.4, -0.2) is 48.1 Å². The van der Waals surface area contributed by atoms with Gasteiger partial charge in [0.15, 0.2) is 11.8 Å². The Balaban J connectivity index is 1.56. The number of guanidine groups is 1. The minimum atomic E-state index is 0.514. The second-order valence-corrected chi connectivity index (χ2v) is 7.60. The van der Waals surface area contributed by atoms with E-state index in [-0.39, 0.29) is 0 Å². The molecular formula is C24H32N6O2. The molecule has 0 fully saturated rings. The van der Waals surface area contributed by atoms with Crippen LogP contribution in [0.3, 0.4) is 0 Å². The van der Waals surface area contributed by atoms with E-state index in [1.165, 1.54) is 0 Å². The molecule has 8 heteroatoms. The van der Waals surface area contributed by atoms with Crippen molar-refractivity contribution in [2.24, 2.45) is 4.99 Å². The predicted octanol–water partition coefficient (Wildman–Crippen LogP) is 3.08. The van der Waals surface area contributed by atoms with E-state index in [1.807, 2.05) is 49.0 Å². The lowest BCUT2D eigenvalue weighted by atomic mass is 10.1. The van der Waals surface area contributed by atoms with Crippen molar-refractivity contribution >= 4 is 5.96 Å². The monoisotopic (exact) mass is 436 g/mol. The fourth-order valence-electron chi connectivity index (χ4n) is 3.27. The van der Waals surface area contributed by atoms with Gasteiger partial charge in [0.2, 0.25) is 0 Å². The molecule has 8 nitrogen and oxygen atoms in total. The quantitative estimate of drug-likeness (QED) is 0.305. The van der Waals surface area contributed by atoms with E-state index in [9.17, 15) is 0 Å². The topological polar surface area (TPSA) is 85.6 Å². The van der Waals surface area contributed by atoms with Crippen LogP contribution < -0.4 is 15.4 Å². The van der Waals surface area contributed by atoms with Crippen molar-refractivity contribution in [3.05, 3.63) is 70.7 Å². The van der Waals surface area contributed by atoms with Gasteiger partial charge in [-0.05, 0) is 50.1 Å². The standard InChI is InChI=1S/C24H32N6O2/c1-17-6-8-21(22(12-17)32-11-10-31-5)16-28-24(25-4)27-15-20-7-9-23(26-14-20)30-19(3)13-18(2)29-30/h6-9,12-14H,10-11,15-16H2,1-5H3,(H2,25,27,28). The smallest absolute Gasteiger partial charge is 0.191 e. The average molecular weight is 437 g/mol. The Bertz CT molecular complexity index is 1040. The molecule has 3 aromatic rings. The van der Waals surface area contributed by atoms with Crippen LogP contribution in [0.2, 0.25) is 0 Å². The van der Waals surface area contributed by atoms with E-state index in [0.717, 1.165) is 39.6 Å². The largest absolute Gasteiger partial charge is 0.491 e. The van der Waals surface area contributed by atoms with Gasteiger partial charge < -0.3 is 20.1 Å². The van der Waals surface area contributed by atoms with Gasteiger partial charge in [-0.15, -0.1) is 0 Å². The number of hydrogen-bond donors (Lipinski definition) is 2. The maximum absolute atomic E-state index is 5.87. The number of nitrogens with zero attached hydrogens (tertiary/aromatic N) is 4. The molecule has 170 valence electrons. The molecule has 0 spiro atoms. The second kappa shape index (κ2) is 11.3. The summed E-state index contributed by atoms with van der Waals surface area (Å²) in [5, 5.41) is 11.2. The van der Waals surface area contributed by atoms with E-state index in [4.69, 9.17) is 9.47 Å². The summed E-state index contributed by atoms with van der Waals surface area (Å²) < 4.78 is 12.8. The molecule has 0 aliphatic carbocycles. The number of methoxy groups -OCH3 is 1. The van der Waals surface area contributed by atoms with E-state index in [1.54, 1.807) is 14.2 Å². The van der Waals surface area contributed by atoms with Gasteiger partial charge >= 0.3 is 0 Å². The highest BCUT2D eigenvalue weighted by molar-refractivity contribution is 5.79. The summed E-state index contributed by atoms with van der Waals surface area (Å²) >= 11 is 0. The predicted molar refractivity (Wildman–Crippen MR) is 126 cm³/mol. The minimum absolute atomic E-state index is 0.514. The molecule has 0 saturated heterocycles. The maximum atomic E-state index is 5.87. The van der Waals surface area contributed by atoms with Crippen molar-refractivity contribution in [2.45, 2.75) is 33.9 Å². The van der Waals surface area contributed by atoms with E-state index < -0.39 is 0 Å². The molecule has 0 unspecified atom stereocenters. The molecule has 0 radical (unpaired) electrons. The Morgan fingerprint density at radius 3 is 2.50 bits per heavy atom. The molecule has 0 saturated carbocycles. The number of hydrogen-bond acceptors (Lipinski definition) is 5. The van der Waals surface area contributed by atoms with Gasteiger partial charge in [-0.25, -0.2) is 9.67 Å². The van der Waals surface area contributed by atoms with Gasteiger partial charge in [0, 0.05) is 44.7 Å². The summed E-state index contributed by atoms with van der Waals surface area (Å²) in [5.41, 5.74) is 5.31. The van der Waals surface area contributed by atoms with E-state index >= 15 is 0 Å². The van der Waals surface area contributed by atoms with Crippen LogP contribution in [0.5, 0.6) is 5.75 Å². The van der Waals surface area contributed by atoms with Crippen molar-refractivity contribution in [1.29, 1.82) is 0 Å². The first-order valence-corrected chi connectivity index (χ1v) is 10.6. The Labute approximate surface area is 189 Å². The first-order chi connectivity index (χ1) is 15.5. The number of ether oxygens (including phenoxy) is 2. The van der Waals surface area contributed by atoms with Gasteiger partial charge in [-0.1, -0.05) is 18.2 Å². The Morgan fingerprint density at radius 2 is 1.84 bits per heavy atom. The third kappa shape index (κ3) is 6.31. The Hall–Kier alpha value is -3.39. The zero-order chi connectivity index (χ0) is 22.9. The van der Waals surface area contributed by atoms with Gasteiger partial charge in [0.05, 0.1) is 12.3 Å². The molecule has 0 aliphatic rings. The molecule has 0 aliphatic heterocycles. The zero-order valence-corrected chi connectivity index (χ0v) is 19.5. The molecule has 3 rings (SSSR count).